The minimum absolute atomic E-state index is 0.0704. The molecule has 6 rings (SSSR count). The highest BCUT2D eigenvalue weighted by Gasteiger charge is 2.62. The standard InChI is InChI=1S/C32H50O14/c1-13-21(34)23(36)25(38)29(42-13)46-26-24(37)22(35)18(12-33)44-30(26)45-20-7-9-32(4)16-11-17(15-8-10-41-27(15)39)43-28(40)14(16)5-6-19(32)31(20,2)3/h8,13-14,16-26,28-30,33-38,40H,5-7,9-12H2,1-4H3/t13-,14+,16+,17+,18+,19-,20-,21-,22+,23+,24-,25+,26+,28?,29-,30-,32+/m0/s1. The van der Waals surface area contributed by atoms with Crippen LogP contribution in [0.4, 0.5) is 0 Å². The molecule has 0 aromatic heterocycles. The van der Waals surface area contributed by atoms with Crippen LogP contribution in [0.3, 0.4) is 0 Å². The number of carbonyl (C=O) groups is 1. The fourth-order valence-corrected chi connectivity index (χ4v) is 9.43. The van der Waals surface area contributed by atoms with Gasteiger partial charge in [0.05, 0.1) is 30.5 Å². The molecule has 0 amide bonds. The first-order chi connectivity index (χ1) is 21.7. The second kappa shape index (κ2) is 12.9. The maximum atomic E-state index is 12.4. The van der Waals surface area contributed by atoms with E-state index in [0.29, 0.717) is 18.4 Å². The van der Waals surface area contributed by atoms with Crippen LogP contribution in [-0.4, -0.2) is 135 Å². The van der Waals surface area contributed by atoms with E-state index in [1.54, 1.807) is 6.08 Å². The minimum atomic E-state index is -1.66. The third-order valence-corrected chi connectivity index (χ3v) is 12.1. The van der Waals surface area contributed by atoms with Crippen LogP contribution in [0.15, 0.2) is 11.6 Å². The summed E-state index contributed by atoms with van der Waals surface area (Å²) in [6.07, 6.45) is -10.8. The first kappa shape index (κ1) is 34.6. The van der Waals surface area contributed by atoms with Crippen LogP contribution in [0.5, 0.6) is 0 Å². The Labute approximate surface area is 268 Å². The van der Waals surface area contributed by atoms with Crippen LogP contribution >= 0.6 is 0 Å². The van der Waals surface area contributed by atoms with Gasteiger partial charge < -0.3 is 64.2 Å². The molecule has 5 fully saturated rings. The number of aliphatic hydroxyl groups is 7. The lowest BCUT2D eigenvalue weighted by atomic mass is 9.44. The second-order valence-electron chi connectivity index (χ2n) is 14.9. The van der Waals surface area contributed by atoms with E-state index in [2.05, 4.69) is 20.8 Å². The van der Waals surface area contributed by atoms with Gasteiger partial charge in [-0.25, -0.2) is 4.79 Å². The number of cyclic esters (lactones) is 1. The predicted molar refractivity (Wildman–Crippen MR) is 155 cm³/mol. The zero-order valence-corrected chi connectivity index (χ0v) is 26.8. The van der Waals surface area contributed by atoms with Crippen molar-refractivity contribution in [2.45, 2.75) is 140 Å². The lowest BCUT2D eigenvalue weighted by Crippen LogP contribution is -2.65. The van der Waals surface area contributed by atoms with Gasteiger partial charge in [0.2, 0.25) is 0 Å². The van der Waals surface area contributed by atoms with Gasteiger partial charge in [-0.15, -0.1) is 0 Å². The maximum absolute atomic E-state index is 12.4. The molecule has 0 aromatic rings. The number of hydrogen-bond acceptors (Lipinski definition) is 14. The third-order valence-electron chi connectivity index (χ3n) is 12.1. The smallest absolute Gasteiger partial charge is 0.336 e. The van der Waals surface area contributed by atoms with E-state index in [-0.39, 0.29) is 29.8 Å². The summed E-state index contributed by atoms with van der Waals surface area (Å²) in [5.74, 6) is -0.289. The summed E-state index contributed by atoms with van der Waals surface area (Å²) in [5, 5.41) is 73.8. The molecule has 4 aliphatic heterocycles. The van der Waals surface area contributed by atoms with Crippen LogP contribution in [0.25, 0.3) is 0 Å². The number of esters is 1. The molecule has 1 unspecified atom stereocenters. The van der Waals surface area contributed by atoms with Crippen LogP contribution < -0.4 is 0 Å². The normalized spacial score (nSPS) is 52.3. The van der Waals surface area contributed by atoms with Crippen molar-refractivity contribution in [3.05, 3.63) is 11.6 Å². The summed E-state index contributed by atoms with van der Waals surface area (Å²) in [7, 11) is 0. The average molecular weight is 659 g/mol. The summed E-state index contributed by atoms with van der Waals surface area (Å²) in [4.78, 5) is 12.4. The second-order valence-corrected chi connectivity index (χ2v) is 14.9. The molecular formula is C32H50O14. The van der Waals surface area contributed by atoms with Gasteiger partial charge in [0.25, 0.3) is 0 Å². The van der Waals surface area contributed by atoms with Gasteiger partial charge in [-0.3, -0.25) is 0 Å². The van der Waals surface area contributed by atoms with Gasteiger partial charge in [0, 0.05) is 5.92 Å². The Morgan fingerprint density at radius 2 is 1.61 bits per heavy atom. The van der Waals surface area contributed by atoms with Crippen molar-refractivity contribution in [2.75, 3.05) is 13.2 Å². The van der Waals surface area contributed by atoms with E-state index < -0.39 is 97.9 Å². The van der Waals surface area contributed by atoms with E-state index in [1.165, 1.54) is 6.92 Å². The summed E-state index contributed by atoms with van der Waals surface area (Å²) < 4.78 is 35.2. The topological polar surface area (TPSA) is 214 Å². The van der Waals surface area contributed by atoms with Gasteiger partial charge >= 0.3 is 5.97 Å². The molecule has 7 N–H and O–H groups in total. The summed E-state index contributed by atoms with van der Waals surface area (Å²) >= 11 is 0. The average Bonchev–Trinajstić information content (AvgIpc) is 3.45. The van der Waals surface area contributed by atoms with Gasteiger partial charge in [-0.1, -0.05) is 20.8 Å². The highest BCUT2D eigenvalue weighted by molar-refractivity contribution is 5.91. The van der Waals surface area contributed by atoms with Gasteiger partial charge in [-0.2, -0.15) is 0 Å². The number of rotatable bonds is 6. The molecule has 0 spiro atoms. The summed E-state index contributed by atoms with van der Waals surface area (Å²) in [5.41, 5.74) is -0.220. The minimum Gasteiger partial charge on any atom is -0.458 e. The molecule has 2 aliphatic carbocycles. The Kier molecular flexibility index (Phi) is 9.69. The number of aliphatic hydroxyl groups excluding tert-OH is 7. The van der Waals surface area contributed by atoms with Crippen LogP contribution in [-0.2, 0) is 33.2 Å². The molecule has 14 nitrogen and oxygen atoms in total. The Bertz CT molecular complexity index is 1150. The lowest BCUT2D eigenvalue weighted by Gasteiger charge is -2.63. The summed E-state index contributed by atoms with van der Waals surface area (Å²) in [6, 6.07) is 0. The Morgan fingerprint density at radius 3 is 2.28 bits per heavy atom. The highest BCUT2D eigenvalue weighted by Crippen LogP contribution is 2.64. The first-order valence-corrected chi connectivity index (χ1v) is 16.5. The van der Waals surface area contributed by atoms with Crippen molar-refractivity contribution < 1.29 is 69.0 Å². The molecule has 0 aromatic carbocycles. The monoisotopic (exact) mass is 658 g/mol. The van der Waals surface area contributed by atoms with E-state index in [0.717, 1.165) is 19.3 Å². The van der Waals surface area contributed by atoms with E-state index in [9.17, 15) is 40.5 Å². The van der Waals surface area contributed by atoms with Crippen molar-refractivity contribution in [3.8, 4) is 0 Å². The zero-order valence-electron chi connectivity index (χ0n) is 26.8. The van der Waals surface area contributed by atoms with Crippen LogP contribution in [0.1, 0.15) is 59.8 Å². The number of hydrogen-bond donors (Lipinski definition) is 7. The SMILES string of the molecule is C[C@@H]1O[C@@H](O[C@H]2[C@H](O[C@H]3CC[C@]4(C)[C@@H]5C[C@H](C6=CCOC6=O)OC(O)[C@@H]5CC[C@H]4C3(C)C)O[C@H](CO)[C@@H](O)[C@@H]2O)[C@H](O)[C@H](O)[C@H]1O. The fourth-order valence-electron chi connectivity index (χ4n) is 9.43. The highest BCUT2D eigenvalue weighted by atomic mass is 16.8. The molecule has 46 heavy (non-hydrogen) atoms. The van der Waals surface area contributed by atoms with Crippen LogP contribution in [0.2, 0.25) is 0 Å². The number of fused-ring (bicyclic) bond motifs is 3. The molecule has 17 atom stereocenters. The van der Waals surface area contributed by atoms with Gasteiger partial charge in [0.15, 0.2) is 18.9 Å². The van der Waals surface area contributed by atoms with E-state index in [1.807, 2.05) is 0 Å². The third kappa shape index (κ3) is 5.75. The van der Waals surface area contributed by atoms with Gasteiger partial charge in [-0.05, 0) is 67.8 Å². The molecule has 4 heterocycles. The molecule has 262 valence electrons. The van der Waals surface area contributed by atoms with Crippen molar-refractivity contribution in [2.24, 2.45) is 28.6 Å². The Balaban J connectivity index is 1.22. The van der Waals surface area contributed by atoms with E-state index >= 15 is 0 Å². The van der Waals surface area contributed by atoms with Crippen molar-refractivity contribution >= 4 is 5.97 Å². The maximum Gasteiger partial charge on any atom is 0.336 e. The van der Waals surface area contributed by atoms with Gasteiger partial charge in [0.1, 0.15) is 49.3 Å². The molecule has 6 aliphatic rings. The van der Waals surface area contributed by atoms with Crippen molar-refractivity contribution in [1.82, 2.24) is 0 Å². The molecule has 2 saturated carbocycles. The molecule has 14 heteroatoms. The fraction of sp³-hybridized carbons (Fsp3) is 0.906. The molecule has 3 saturated heterocycles. The molecule has 0 bridgehead atoms. The van der Waals surface area contributed by atoms with E-state index in [4.69, 9.17) is 28.4 Å². The van der Waals surface area contributed by atoms with Crippen LogP contribution in [0, 0.1) is 28.6 Å². The van der Waals surface area contributed by atoms with Crippen molar-refractivity contribution in [3.63, 3.8) is 0 Å². The lowest BCUT2D eigenvalue weighted by molar-refractivity contribution is -0.376. The largest absolute Gasteiger partial charge is 0.458 e. The molecular weight excluding hydrogens is 608 g/mol. The Hall–Kier alpha value is -1.27. The number of carbonyl (C=O) groups excluding carboxylic acids is 1. The Morgan fingerprint density at radius 1 is 0.870 bits per heavy atom. The quantitative estimate of drug-likeness (QED) is 0.136. The first-order valence-electron chi connectivity index (χ1n) is 16.5. The number of ether oxygens (including phenoxy) is 6. The predicted octanol–water partition coefficient (Wildman–Crippen LogP) is -0.917. The molecule has 0 radical (unpaired) electrons. The van der Waals surface area contributed by atoms with Crippen molar-refractivity contribution in [1.29, 1.82) is 0 Å². The summed E-state index contributed by atoms with van der Waals surface area (Å²) in [6.45, 7) is 7.59. The zero-order chi connectivity index (χ0) is 33.3.